The van der Waals surface area contributed by atoms with Gasteiger partial charge >= 0.3 is 0 Å². The molecule has 2 rings (SSSR count). The van der Waals surface area contributed by atoms with Gasteiger partial charge in [-0.3, -0.25) is 0 Å². The Labute approximate surface area is 130 Å². The highest BCUT2D eigenvalue weighted by atomic mass is 35.5. The third-order valence-corrected chi connectivity index (χ3v) is 6.14. The quantitative estimate of drug-likeness (QED) is 0.808. The Kier molecular flexibility index (Phi) is 6.34. The Bertz CT molecular complexity index is 405. The fourth-order valence-electron chi connectivity index (χ4n) is 2.52. The highest BCUT2D eigenvalue weighted by Crippen LogP contribution is 2.31. The standard InChI is InChI=1S/C15H21Cl2NS/c1-18-12(10-19-13-6-2-3-7-13)9-11-5-4-8-14(16)15(11)17/h4-5,8,12-13,18H,2-3,6-7,9-10H2,1H3. The van der Waals surface area contributed by atoms with E-state index in [0.29, 0.717) is 16.1 Å². The van der Waals surface area contributed by atoms with Gasteiger partial charge in [-0.05, 0) is 37.9 Å². The van der Waals surface area contributed by atoms with Gasteiger partial charge < -0.3 is 5.32 Å². The Morgan fingerprint density at radius 1 is 1.32 bits per heavy atom. The largest absolute Gasteiger partial charge is 0.316 e. The fourth-order valence-corrected chi connectivity index (χ4v) is 4.38. The first kappa shape index (κ1) is 15.5. The van der Waals surface area contributed by atoms with Gasteiger partial charge in [-0.15, -0.1) is 0 Å². The van der Waals surface area contributed by atoms with Crippen LogP contribution in [0.15, 0.2) is 18.2 Å². The minimum Gasteiger partial charge on any atom is -0.316 e. The van der Waals surface area contributed by atoms with E-state index in [-0.39, 0.29) is 0 Å². The zero-order valence-electron chi connectivity index (χ0n) is 11.3. The van der Waals surface area contributed by atoms with Crippen molar-refractivity contribution in [1.82, 2.24) is 5.32 Å². The van der Waals surface area contributed by atoms with Gasteiger partial charge in [-0.2, -0.15) is 11.8 Å². The molecule has 1 aromatic carbocycles. The van der Waals surface area contributed by atoms with Crippen LogP contribution in [0.4, 0.5) is 0 Å². The zero-order chi connectivity index (χ0) is 13.7. The van der Waals surface area contributed by atoms with Crippen LogP contribution < -0.4 is 5.32 Å². The molecular weight excluding hydrogens is 297 g/mol. The molecule has 0 radical (unpaired) electrons. The Hall–Kier alpha value is 0.110. The highest BCUT2D eigenvalue weighted by Gasteiger charge is 2.18. The molecule has 0 bridgehead atoms. The van der Waals surface area contributed by atoms with Crippen molar-refractivity contribution in [2.45, 2.75) is 43.4 Å². The van der Waals surface area contributed by atoms with Crippen LogP contribution in [0.3, 0.4) is 0 Å². The molecule has 1 aromatic rings. The lowest BCUT2D eigenvalue weighted by Crippen LogP contribution is -2.30. The molecule has 1 N–H and O–H groups in total. The van der Waals surface area contributed by atoms with E-state index in [1.807, 2.05) is 19.2 Å². The molecule has 19 heavy (non-hydrogen) atoms. The van der Waals surface area contributed by atoms with Gasteiger partial charge in [0.05, 0.1) is 10.0 Å². The third-order valence-electron chi connectivity index (χ3n) is 3.74. The van der Waals surface area contributed by atoms with E-state index in [1.54, 1.807) is 0 Å². The molecule has 1 nitrogen and oxygen atoms in total. The first-order valence-electron chi connectivity index (χ1n) is 6.92. The van der Waals surface area contributed by atoms with Crippen LogP contribution in [-0.2, 0) is 6.42 Å². The molecule has 0 aromatic heterocycles. The van der Waals surface area contributed by atoms with Gasteiger partial charge in [-0.25, -0.2) is 0 Å². The van der Waals surface area contributed by atoms with Gasteiger partial charge in [0.1, 0.15) is 0 Å². The summed E-state index contributed by atoms with van der Waals surface area (Å²) in [5.41, 5.74) is 1.14. The highest BCUT2D eigenvalue weighted by molar-refractivity contribution is 7.99. The molecule has 4 heteroatoms. The lowest BCUT2D eigenvalue weighted by molar-refractivity contribution is 0.616. The van der Waals surface area contributed by atoms with Crippen molar-refractivity contribution in [3.8, 4) is 0 Å². The van der Waals surface area contributed by atoms with Gasteiger partial charge in [-0.1, -0.05) is 48.2 Å². The van der Waals surface area contributed by atoms with E-state index in [9.17, 15) is 0 Å². The Morgan fingerprint density at radius 3 is 2.74 bits per heavy atom. The molecule has 1 aliphatic rings. The Morgan fingerprint density at radius 2 is 2.05 bits per heavy atom. The average molecular weight is 318 g/mol. The maximum Gasteiger partial charge on any atom is 0.0624 e. The number of benzene rings is 1. The lowest BCUT2D eigenvalue weighted by Gasteiger charge is -2.19. The number of hydrogen-bond acceptors (Lipinski definition) is 2. The summed E-state index contributed by atoms with van der Waals surface area (Å²) in [5.74, 6) is 1.14. The fraction of sp³-hybridized carbons (Fsp3) is 0.600. The second-order valence-corrected chi connectivity index (χ2v) is 7.26. The predicted molar refractivity (Wildman–Crippen MR) is 87.7 cm³/mol. The molecule has 1 fully saturated rings. The van der Waals surface area contributed by atoms with Crippen molar-refractivity contribution < 1.29 is 0 Å². The summed E-state index contributed by atoms with van der Waals surface area (Å²) in [6, 6.07) is 6.34. The molecule has 0 heterocycles. The van der Waals surface area contributed by atoms with Crippen molar-refractivity contribution in [2.24, 2.45) is 0 Å². The van der Waals surface area contributed by atoms with Crippen LogP contribution in [0.25, 0.3) is 0 Å². The van der Waals surface area contributed by atoms with E-state index in [1.165, 1.54) is 25.7 Å². The summed E-state index contributed by atoms with van der Waals surface area (Å²) in [5, 5.41) is 5.62. The smallest absolute Gasteiger partial charge is 0.0624 e. The first-order valence-corrected chi connectivity index (χ1v) is 8.73. The molecule has 0 amide bonds. The van der Waals surface area contributed by atoms with Crippen molar-refractivity contribution in [1.29, 1.82) is 0 Å². The van der Waals surface area contributed by atoms with E-state index < -0.39 is 0 Å². The summed E-state index contributed by atoms with van der Waals surface area (Å²) in [6.45, 7) is 0. The van der Waals surface area contributed by atoms with Gasteiger partial charge in [0, 0.05) is 17.0 Å². The molecule has 1 atom stereocenters. The number of thioether (sulfide) groups is 1. The maximum absolute atomic E-state index is 6.26. The minimum atomic E-state index is 0.460. The predicted octanol–water partition coefficient (Wildman–Crippen LogP) is 4.80. The van der Waals surface area contributed by atoms with Crippen LogP contribution in [0.2, 0.25) is 10.0 Å². The number of halogens is 2. The summed E-state index contributed by atoms with van der Waals surface area (Å²) >= 11 is 14.4. The molecule has 1 aliphatic carbocycles. The minimum absolute atomic E-state index is 0.460. The average Bonchev–Trinajstić information content (AvgIpc) is 2.92. The molecule has 106 valence electrons. The summed E-state index contributed by atoms with van der Waals surface area (Å²) in [4.78, 5) is 0. The van der Waals surface area contributed by atoms with E-state index in [4.69, 9.17) is 23.2 Å². The topological polar surface area (TPSA) is 12.0 Å². The molecule has 0 saturated heterocycles. The van der Waals surface area contributed by atoms with Crippen LogP contribution >= 0.6 is 35.0 Å². The SMILES string of the molecule is CNC(CSC1CCCC1)Cc1cccc(Cl)c1Cl. The van der Waals surface area contributed by atoms with Gasteiger partial charge in [0.2, 0.25) is 0 Å². The Balaban J connectivity index is 1.88. The van der Waals surface area contributed by atoms with Crippen LogP contribution in [0.5, 0.6) is 0 Å². The van der Waals surface area contributed by atoms with Gasteiger partial charge in [0.25, 0.3) is 0 Å². The monoisotopic (exact) mass is 317 g/mol. The molecule has 0 spiro atoms. The number of hydrogen-bond donors (Lipinski definition) is 1. The molecule has 1 saturated carbocycles. The molecule has 0 aliphatic heterocycles. The van der Waals surface area contributed by atoms with Crippen LogP contribution in [0, 0.1) is 0 Å². The normalized spacial score (nSPS) is 17.8. The second-order valence-electron chi connectivity index (χ2n) is 5.14. The molecular formula is C15H21Cl2NS. The maximum atomic E-state index is 6.26. The van der Waals surface area contributed by atoms with Crippen molar-refractivity contribution >= 4 is 35.0 Å². The van der Waals surface area contributed by atoms with E-state index >= 15 is 0 Å². The van der Waals surface area contributed by atoms with Crippen molar-refractivity contribution in [3.63, 3.8) is 0 Å². The summed E-state index contributed by atoms with van der Waals surface area (Å²) < 4.78 is 0. The van der Waals surface area contributed by atoms with Crippen molar-refractivity contribution in [3.05, 3.63) is 33.8 Å². The zero-order valence-corrected chi connectivity index (χ0v) is 13.6. The van der Waals surface area contributed by atoms with Crippen LogP contribution in [-0.4, -0.2) is 24.1 Å². The third kappa shape index (κ3) is 4.56. The first-order chi connectivity index (χ1) is 9.20. The van der Waals surface area contributed by atoms with Gasteiger partial charge in [0.15, 0.2) is 0 Å². The van der Waals surface area contributed by atoms with Crippen LogP contribution in [0.1, 0.15) is 31.2 Å². The van der Waals surface area contributed by atoms with E-state index in [2.05, 4.69) is 23.1 Å². The summed E-state index contributed by atoms with van der Waals surface area (Å²) in [7, 11) is 2.03. The summed E-state index contributed by atoms with van der Waals surface area (Å²) in [6.07, 6.45) is 6.53. The van der Waals surface area contributed by atoms with Crippen molar-refractivity contribution in [2.75, 3.05) is 12.8 Å². The number of nitrogens with one attached hydrogen (secondary N) is 1. The lowest BCUT2D eigenvalue weighted by atomic mass is 10.1. The number of likely N-dealkylation sites (N-methyl/N-ethyl adjacent to an activating group) is 1. The van der Waals surface area contributed by atoms with E-state index in [0.717, 1.165) is 23.0 Å². The second kappa shape index (κ2) is 7.78. The number of rotatable bonds is 6. The molecule has 1 unspecified atom stereocenters.